The van der Waals surface area contributed by atoms with E-state index in [-0.39, 0.29) is 30.5 Å². The van der Waals surface area contributed by atoms with Crippen molar-refractivity contribution in [2.24, 2.45) is 0 Å². The molecule has 150 valence electrons. The van der Waals surface area contributed by atoms with Gasteiger partial charge in [0.25, 0.3) is 5.91 Å². The number of carbonyl (C=O) groups is 2. The summed E-state index contributed by atoms with van der Waals surface area (Å²) in [5, 5.41) is 2.99. The zero-order valence-corrected chi connectivity index (χ0v) is 16.5. The lowest BCUT2D eigenvalue weighted by molar-refractivity contribution is 0.0861. The van der Waals surface area contributed by atoms with Crippen LogP contribution in [0, 0.1) is 0 Å². The van der Waals surface area contributed by atoms with E-state index in [9.17, 15) is 9.59 Å². The van der Waals surface area contributed by atoms with Crippen molar-refractivity contribution in [3.63, 3.8) is 0 Å². The number of hydrogen-bond acceptors (Lipinski definition) is 6. The van der Waals surface area contributed by atoms with Crippen LogP contribution >= 0.6 is 11.6 Å². The Morgan fingerprint density at radius 1 is 1.11 bits per heavy atom. The largest absolute Gasteiger partial charge is 0.493 e. The van der Waals surface area contributed by atoms with Gasteiger partial charge in [0.15, 0.2) is 11.5 Å². The van der Waals surface area contributed by atoms with Crippen molar-refractivity contribution in [1.29, 1.82) is 0 Å². The third-order valence-electron chi connectivity index (χ3n) is 4.32. The lowest BCUT2D eigenvalue weighted by atomic mass is 10.0. The van der Waals surface area contributed by atoms with Crippen LogP contribution in [0.5, 0.6) is 17.2 Å². The molecule has 1 aliphatic heterocycles. The number of halogens is 1. The molecule has 0 bridgehead atoms. The number of rotatable bonds is 7. The standard InChI is InChI=1S/C18H25ClN2O6/c1-24-14-10-12(11-15(25-2)16(14)26-3)17(22)20-13-4-7-21(8-5-13)18(23)27-9-6-19/h10-11,13H,4-9H2,1-3H3,(H,20,22). The van der Waals surface area contributed by atoms with Gasteiger partial charge in [0, 0.05) is 24.7 Å². The Morgan fingerprint density at radius 3 is 2.19 bits per heavy atom. The van der Waals surface area contributed by atoms with Gasteiger partial charge in [-0.3, -0.25) is 4.79 Å². The average molecular weight is 401 g/mol. The van der Waals surface area contributed by atoms with E-state index in [1.54, 1.807) is 17.0 Å². The van der Waals surface area contributed by atoms with E-state index in [2.05, 4.69) is 5.32 Å². The predicted molar refractivity (Wildman–Crippen MR) is 100 cm³/mol. The maximum atomic E-state index is 12.6. The number of carbonyl (C=O) groups excluding carboxylic acids is 2. The number of hydrogen-bond donors (Lipinski definition) is 1. The topological polar surface area (TPSA) is 86.3 Å². The molecule has 0 radical (unpaired) electrons. The molecule has 9 heteroatoms. The molecule has 0 unspecified atom stereocenters. The molecule has 0 saturated carbocycles. The first kappa shape index (κ1) is 21.0. The Balaban J connectivity index is 1.97. The van der Waals surface area contributed by atoms with Crippen LogP contribution in [0.25, 0.3) is 0 Å². The van der Waals surface area contributed by atoms with Gasteiger partial charge in [-0.2, -0.15) is 0 Å². The summed E-state index contributed by atoms with van der Waals surface area (Å²) in [5.41, 5.74) is 0.411. The maximum absolute atomic E-state index is 12.6. The third-order valence-corrected chi connectivity index (χ3v) is 4.47. The average Bonchev–Trinajstić information content (AvgIpc) is 2.71. The number of amides is 2. The predicted octanol–water partition coefficient (Wildman–Crippen LogP) is 2.28. The van der Waals surface area contributed by atoms with Crippen LogP contribution in [-0.4, -0.2) is 69.8 Å². The second-order valence-corrected chi connectivity index (χ2v) is 6.33. The summed E-state index contributed by atoms with van der Waals surface area (Å²) in [6.45, 7) is 1.22. The SMILES string of the molecule is COc1cc(C(=O)NC2CCN(C(=O)OCCCl)CC2)cc(OC)c1OC. The molecule has 0 aromatic heterocycles. The highest BCUT2D eigenvalue weighted by Gasteiger charge is 2.25. The fraction of sp³-hybridized carbons (Fsp3) is 0.556. The molecule has 27 heavy (non-hydrogen) atoms. The molecule has 1 aromatic carbocycles. The zero-order chi connectivity index (χ0) is 19.8. The highest BCUT2D eigenvalue weighted by molar-refractivity contribution is 6.18. The number of piperidine rings is 1. The van der Waals surface area contributed by atoms with Gasteiger partial charge in [0.05, 0.1) is 27.2 Å². The normalized spacial score (nSPS) is 14.4. The van der Waals surface area contributed by atoms with Gasteiger partial charge in [0.1, 0.15) is 6.61 Å². The Kier molecular flexibility index (Phi) is 7.84. The molecule has 1 N–H and O–H groups in total. The van der Waals surface area contributed by atoms with Gasteiger partial charge in [-0.15, -0.1) is 11.6 Å². The molecule has 0 atom stereocenters. The summed E-state index contributed by atoms with van der Waals surface area (Å²) in [6, 6.07) is 3.18. The molecule has 2 amide bonds. The minimum Gasteiger partial charge on any atom is -0.493 e. The van der Waals surface area contributed by atoms with Crippen molar-refractivity contribution in [2.45, 2.75) is 18.9 Å². The van der Waals surface area contributed by atoms with Crippen LogP contribution in [-0.2, 0) is 4.74 Å². The summed E-state index contributed by atoms with van der Waals surface area (Å²) < 4.78 is 20.8. The molecule has 1 fully saturated rings. The van der Waals surface area contributed by atoms with E-state index in [1.807, 2.05) is 0 Å². The quantitative estimate of drug-likeness (QED) is 0.707. The van der Waals surface area contributed by atoms with Gasteiger partial charge in [0.2, 0.25) is 5.75 Å². The number of benzene rings is 1. The minimum absolute atomic E-state index is 0.0336. The maximum Gasteiger partial charge on any atom is 0.409 e. The van der Waals surface area contributed by atoms with Crippen LogP contribution in [0.4, 0.5) is 4.79 Å². The summed E-state index contributed by atoms with van der Waals surface area (Å²) in [7, 11) is 4.50. The van der Waals surface area contributed by atoms with Gasteiger partial charge in [-0.1, -0.05) is 0 Å². The fourth-order valence-corrected chi connectivity index (χ4v) is 2.98. The molecule has 0 aliphatic carbocycles. The van der Waals surface area contributed by atoms with Gasteiger partial charge in [-0.05, 0) is 25.0 Å². The first-order chi connectivity index (χ1) is 13.0. The van der Waals surface area contributed by atoms with Crippen molar-refractivity contribution >= 4 is 23.6 Å². The number of ether oxygens (including phenoxy) is 4. The molecule has 1 aromatic rings. The van der Waals surface area contributed by atoms with Crippen molar-refractivity contribution in [3.8, 4) is 17.2 Å². The van der Waals surface area contributed by atoms with Crippen molar-refractivity contribution in [2.75, 3.05) is 46.9 Å². The summed E-state index contributed by atoms with van der Waals surface area (Å²) in [5.74, 6) is 1.29. The van der Waals surface area contributed by atoms with Crippen LogP contribution in [0.2, 0.25) is 0 Å². The van der Waals surface area contributed by atoms with Crippen LogP contribution in [0.1, 0.15) is 23.2 Å². The Morgan fingerprint density at radius 2 is 1.70 bits per heavy atom. The first-order valence-corrected chi connectivity index (χ1v) is 9.16. The van der Waals surface area contributed by atoms with E-state index in [1.165, 1.54) is 21.3 Å². The number of likely N-dealkylation sites (tertiary alicyclic amines) is 1. The molecule has 2 rings (SSSR count). The second kappa shape index (κ2) is 10.1. The fourth-order valence-electron chi connectivity index (χ4n) is 2.90. The summed E-state index contributed by atoms with van der Waals surface area (Å²) >= 11 is 5.52. The highest BCUT2D eigenvalue weighted by Crippen LogP contribution is 2.38. The lowest BCUT2D eigenvalue weighted by Gasteiger charge is -2.31. The minimum atomic E-state index is -0.370. The molecule has 1 saturated heterocycles. The van der Waals surface area contributed by atoms with Gasteiger partial charge in [-0.25, -0.2) is 4.79 Å². The molecule has 1 heterocycles. The van der Waals surface area contributed by atoms with Crippen molar-refractivity contribution in [1.82, 2.24) is 10.2 Å². The van der Waals surface area contributed by atoms with Crippen molar-refractivity contribution < 1.29 is 28.5 Å². The van der Waals surface area contributed by atoms with Crippen LogP contribution < -0.4 is 19.5 Å². The van der Waals surface area contributed by atoms with E-state index < -0.39 is 0 Å². The summed E-state index contributed by atoms with van der Waals surface area (Å²) in [6.07, 6.45) is 0.920. The van der Waals surface area contributed by atoms with Crippen LogP contribution in [0.3, 0.4) is 0 Å². The van der Waals surface area contributed by atoms with Crippen molar-refractivity contribution in [3.05, 3.63) is 17.7 Å². The first-order valence-electron chi connectivity index (χ1n) is 8.62. The van der Waals surface area contributed by atoms with Gasteiger partial charge < -0.3 is 29.2 Å². The number of alkyl halides is 1. The Hall–Kier alpha value is -2.35. The van der Waals surface area contributed by atoms with E-state index >= 15 is 0 Å². The number of nitrogens with one attached hydrogen (secondary N) is 1. The van der Waals surface area contributed by atoms with Crippen LogP contribution in [0.15, 0.2) is 12.1 Å². The van der Waals surface area contributed by atoms with E-state index in [4.69, 9.17) is 30.5 Å². The Labute approximate surface area is 163 Å². The summed E-state index contributed by atoms with van der Waals surface area (Å²) in [4.78, 5) is 26.1. The molecular formula is C18H25ClN2O6. The Bertz CT molecular complexity index is 636. The highest BCUT2D eigenvalue weighted by atomic mass is 35.5. The smallest absolute Gasteiger partial charge is 0.409 e. The molecule has 1 aliphatic rings. The zero-order valence-electron chi connectivity index (χ0n) is 15.7. The number of nitrogens with zero attached hydrogens (tertiary/aromatic N) is 1. The second-order valence-electron chi connectivity index (χ2n) is 5.95. The van der Waals surface area contributed by atoms with E-state index in [0.717, 1.165) is 0 Å². The molecule has 0 spiro atoms. The third kappa shape index (κ3) is 5.32. The van der Waals surface area contributed by atoms with E-state index in [0.29, 0.717) is 48.7 Å². The molecular weight excluding hydrogens is 376 g/mol. The number of methoxy groups -OCH3 is 3. The van der Waals surface area contributed by atoms with Gasteiger partial charge >= 0.3 is 6.09 Å². The molecule has 8 nitrogen and oxygen atoms in total. The monoisotopic (exact) mass is 400 g/mol. The lowest BCUT2D eigenvalue weighted by Crippen LogP contribution is -2.46.